The molecule has 1 N–H and O–H groups in total. The number of hydrogen-bond donors (Lipinski definition) is 1. The maximum Gasteiger partial charge on any atom is 0.194 e. The number of halogens is 1. The van der Waals surface area contributed by atoms with Crippen molar-refractivity contribution in [3.8, 4) is 5.75 Å². The number of aryl methyl sites for hydroxylation is 2. The van der Waals surface area contributed by atoms with Gasteiger partial charge in [-0.3, -0.25) is 0 Å². The first-order valence-corrected chi connectivity index (χ1v) is 8.66. The monoisotopic (exact) mass is 484 g/mol. The maximum atomic E-state index is 5.80. The van der Waals surface area contributed by atoms with Crippen LogP contribution < -0.4 is 10.1 Å². The predicted molar refractivity (Wildman–Crippen MR) is 120 cm³/mol. The van der Waals surface area contributed by atoms with Crippen LogP contribution in [0.25, 0.3) is 0 Å². The smallest absolute Gasteiger partial charge is 0.194 e. The average molecular weight is 484 g/mol. The van der Waals surface area contributed by atoms with Gasteiger partial charge in [-0.15, -0.1) is 40.8 Å². The summed E-state index contributed by atoms with van der Waals surface area (Å²) in [6.07, 6.45) is 1.80. The summed E-state index contributed by atoms with van der Waals surface area (Å²) in [5, 5.41) is 11.5. The van der Waals surface area contributed by atoms with Crippen molar-refractivity contribution in [2.45, 2.75) is 20.4 Å². The Hall–Kier alpha value is -2.10. The topological polar surface area (TPSA) is 67.6 Å². The van der Waals surface area contributed by atoms with Crippen molar-refractivity contribution in [1.82, 2.24) is 25.0 Å². The second-order valence-corrected chi connectivity index (χ2v) is 6.11. The van der Waals surface area contributed by atoms with E-state index in [2.05, 4.69) is 34.0 Å². The van der Waals surface area contributed by atoms with Crippen molar-refractivity contribution in [2.24, 2.45) is 12.0 Å². The Labute approximate surface area is 178 Å². The number of rotatable bonds is 8. The maximum absolute atomic E-state index is 5.80. The molecule has 0 saturated carbocycles. The highest BCUT2D eigenvalue weighted by Gasteiger charge is 2.08. The van der Waals surface area contributed by atoms with Crippen LogP contribution in [0.5, 0.6) is 5.75 Å². The van der Waals surface area contributed by atoms with Gasteiger partial charge in [0.1, 0.15) is 24.7 Å². The molecule has 0 aliphatic rings. The number of nitrogens with zero attached hydrogens (tertiary/aromatic N) is 5. The zero-order valence-electron chi connectivity index (χ0n) is 16.5. The van der Waals surface area contributed by atoms with Crippen LogP contribution in [0.1, 0.15) is 17.2 Å². The summed E-state index contributed by atoms with van der Waals surface area (Å²) in [6, 6.07) is 8.05. The second kappa shape index (κ2) is 11.6. The molecule has 0 spiro atoms. The molecule has 0 atom stereocenters. The van der Waals surface area contributed by atoms with Gasteiger partial charge in [0.15, 0.2) is 11.8 Å². The summed E-state index contributed by atoms with van der Waals surface area (Å²) >= 11 is 0. The van der Waals surface area contributed by atoms with Gasteiger partial charge in [0.25, 0.3) is 0 Å². The van der Waals surface area contributed by atoms with Crippen LogP contribution in [-0.4, -0.2) is 52.4 Å². The quantitative estimate of drug-likeness (QED) is 0.270. The number of benzene rings is 1. The van der Waals surface area contributed by atoms with E-state index in [1.54, 1.807) is 6.08 Å². The molecule has 2 aromatic rings. The minimum absolute atomic E-state index is 0. The first-order chi connectivity index (χ1) is 12.5. The molecule has 7 nitrogen and oxygen atoms in total. The Kier molecular flexibility index (Phi) is 9.84. The van der Waals surface area contributed by atoms with Crippen LogP contribution in [-0.2, 0) is 13.6 Å². The highest BCUT2D eigenvalue weighted by molar-refractivity contribution is 14.0. The fourth-order valence-electron chi connectivity index (χ4n) is 2.25. The molecule has 27 heavy (non-hydrogen) atoms. The highest BCUT2D eigenvalue weighted by Crippen LogP contribution is 2.11. The van der Waals surface area contributed by atoms with Gasteiger partial charge in [0, 0.05) is 20.6 Å². The second-order valence-electron chi connectivity index (χ2n) is 6.11. The summed E-state index contributed by atoms with van der Waals surface area (Å²) in [6.45, 7) is 10.1. The number of hydrogen-bond acceptors (Lipinski definition) is 4. The number of aliphatic imine (C=N–C) groups is 1. The molecule has 0 aliphatic carbocycles. The van der Waals surface area contributed by atoms with Crippen molar-refractivity contribution in [3.05, 3.63) is 54.1 Å². The fraction of sp³-hybridized carbons (Fsp3) is 0.421. The minimum Gasteiger partial charge on any atom is -0.492 e. The molecule has 8 heteroatoms. The van der Waals surface area contributed by atoms with Gasteiger partial charge < -0.3 is 19.5 Å². The molecule has 0 bridgehead atoms. The molecule has 0 aliphatic heterocycles. The molecule has 1 aromatic heterocycles. The van der Waals surface area contributed by atoms with Crippen LogP contribution in [0.2, 0.25) is 0 Å². The van der Waals surface area contributed by atoms with E-state index >= 15 is 0 Å². The fourth-order valence-corrected chi connectivity index (χ4v) is 2.25. The Morgan fingerprint density at radius 2 is 2.00 bits per heavy atom. The van der Waals surface area contributed by atoms with Crippen LogP contribution in [0, 0.1) is 13.8 Å². The first-order valence-electron chi connectivity index (χ1n) is 8.66. The summed E-state index contributed by atoms with van der Waals surface area (Å²) < 4.78 is 7.74. The lowest BCUT2D eigenvalue weighted by atomic mass is 10.2. The molecule has 2 rings (SSSR count). The van der Waals surface area contributed by atoms with E-state index in [4.69, 9.17) is 4.74 Å². The number of likely N-dealkylation sites (N-methyl/N-ethyl adjacent to an activating group) is 1. The number of nitrogens with one attached hydrogen (secondary N) is 1. The predicted octanol–water partition coefficient (Wildman–Crippen LogP) is 2.69. The molecule has 0 saturated heterocycles. The van der Waals surface area contributed by atoms with E-state index in [0.717, 1.165) is 23.4 Å². The van der Waals surface area contributed by atoms with Crippen LogP contribution in [0.3, 0.4) is 0 Å². The van der Waals surface area contributed by atoms with Crippen LogP contribution in [0.15, 0.2) is 41.9 Å². The molecule has 0 fully saturated rings. The molecule has 0 amide bonds. The van der Waals surface area contributed by atoms with E-state index in [-0.39, 0.29) is 24.0 Å². The molecular formula is C19H29IN6O. The lowest BCUT2D eigenvalue weighted by molar-refractivity contribution is 0.281. The van der Waals surface area contributed by atoms with Crippen molar-refractivity contribution >= 4 is 29.9 Å². The number of guanidine groups is 1. The summed E-state index contributed by atoms with van der Waals surface area (Å²) in [4.78, 5) is 6.68. The Bertz CT molecular complexity index is 741. The van der Waals surface area contributed by atoms with Gasteiger partial charge in [0.2, 0.25) is 0 Å². The van der Waals surface area contributed by atoms with E-state index in [1.165, 1.54) is 5.56 Å². The van der Waals surface area contributed by atoms with E-state index < -0.39 is 0 Å². The highest BCUT2D eigenvalue weighted by atomic mass is 127. The zero-order valence-corrected chi connectivity index (χ0v) is 18.8. The third kappa shape index (κ3) is 7.20. The van der Waals surface area contributed by atoms with Crippen molar-refractivity contribution in [2.75, 3.05) is 26.7 Å². The van der Waals surface area contributed by atoms with E-state index in [0.29, 0.717) is 26.2 Å². The van der Waals surface area contributed by atoms with Crippen molar-refractivity contribution in [3.63, 3.8) is 0 Å². The number of aromatic nitrogens is 3. The molecule has 0 unspecified atom stereocenters. The largest absolute Gasteiger partial charge is 0.492 e. The third-order valence-corrected chi connectivity index (χ3v) is 4.04. The lowest BCUT2D eigenvalue weighted by Gasteiger charge is -2.22. The third-order valence-electron chi connectivity index (χ3n) is 4.04. The Balaban J connectivity index is 0.00000364. The summed E-state index contributed by atoms with van der Waals surface area (Å²) in [5.41, 5.74) is 1.22. The van der Waals surface area contributed by atoms with Gasteiger partial charge in [-0.2, -0.15) is 0 Å². The van der Waals surface area contributed by atoms with E-state index in [1.807, 2.05) is 54.8 Å². The van der Waals surface area contributed by atoms with Crippen molar-refractivity contribution < 1.29 is 4.74 Å². The molecule has 1 aromatic carbocycles. The SMILES string of the molecule is C=CCNC(=NCc1nnc(C)n1C)N(C)CCOc1ccc(C)cc1.I. The average Bonchev–Trinajstić information content (AvgIpc) is 2.95. The summed E-state index contributed by atoms with van der Waals surface area (Å²) in [5.74, 6) is 3.34. The van der Waals surface area contributed by atoms with Gasteiger partial charge >= 0.3 is 0 Å². The van der Waals surface area contributed by atoms with Gasteiger partial charge in [-0.1, -0.05) is 23.8 Å². The normalized spacial score (nSPS) is 10.9. The zero-order chi connectivity index (χ0) is 18.9. The Morgan fingerprint density at radius 1 is 1.30 bits per heavy atom. The molecule has 1 heterocycles. The lowest BCUT2D eigenvalue weighted by Crippen LogP contribution is -2.41. The van der Waals surface area contributed by atoms with Gasteiger partial charge in [-0.25, -0.2) is 4.99 Å². The molecule has 148 valence electrons. The Morgan fingerprint density at radius 3 is 2.59 bits per heavy atom. The van der Waals surface area contributed by atoms with Crippen molar-refractivity contribution in [1.29, 1.82) is 0 Å². The van der Waals surface area contributed by atoms with Crippen LogP contribution >= 0.6 is 24.0 Å². The first kappa shape index (κ1) is 22.9. The standard InChI is InChI=1S/C19H28N6O.HI/c1-6-11-20-19(21-14-18-23-22-16(3)25(18)5)24(4)12-13-26-17-9-7-15(2)8-10-17;/h6-10H,1,11-14H2,2-5H3,(H,20,21);1H. The molecule has 0 radical (unpaired) electrons. The van der Waals surface area contributed by atoms with Gasteiger partial charge in [-0.05, 0) is 26.0 Å². The number of ether oxygens (including phenoxy) is 1. The minimum atomic E-state index is 0. The molecular weight excluding hydrogens is 455 g/mol. The summed E-state index contributed by atoms with van der Waals surface area (Å²) in [7, 11) is 3.92. The van der Waals surface area contributed by atoms with E-state index in [9.17, 15) is 0 Å². The van der Waals surface area contributed by atoms with Crippen LogP contribution in [0.4, 0.5) is 0 Å². The van der Waals surface area contributed by atoms with Gasteiger partial charge in [0.05, 0.1) is 6.54 Å².